The van der Waals surface area contributed by atoms with Crippen LogP contribution in [0.2, 0.25) is 0 Å². The summed E-state index contributed by atoms with van der Waals surface area (Å²) in [6.45, 7) is 0. The number of amides is 2. The molecule has 42 heavy (non-hydrogen) atoms. The molecule has 14 heteroatoms. The van der Waals surface area contributed by atoms with E-state index in [1.165, 1.54) is 36.4 Å². The molecule has 210 valence electrons. The molecule has 10 nitrogen and oxygen atoms in total. The van der Waals surface area contributed by atoms with Gasteiger partial charge in [0.25, 0.3) is 0 Å². The Balaban J connectivity index is 0.00000308. The average molecular weight is 629 g/mol. The van der Waals surface area contributed by atoms with Gasteiger partial charge in [-0.3, -0.25) is 9.59 Å². The van der Waals surface area contributed by atoms with E-state index in [9.17, 15) is 35.5 Å². The number of hydrogen-bond donors (Lipinski definition) is 2. The summed E-state index contributed by atoms with van der Waals surface area (Å²) in [4.78, 5) is 24.2. The van der Waals surface area contributed by atoms with Crippen LogP contribution in [0.15, 0.2) is 82.6 Å². The summed E-state index contributed by atoms with van der Waals surface area (Å²) in [6.07, 6.45) is 3.01. The van der Waals surface area contributed by atoms with Gasteiger partial charge in [-0.15, -0.1) is 0 Å². The predicted octanol–water partition coefficient (Wildman–Crippen LogP) is -1.27. The molecule has 0 heterocycles. The second-order valence-corrected chi connectivity index (χ2v) is 11.9. The van der Waals surface area contributed by atoms with Gasteiger partial charge < -0.3 is 19.7 Å². The summed E-state index contributed by atoms with van der Waals surface area (Å²) in [5.74, 6) is -0.507. The van der Waals surface area contributed by atoms with Gasteiger partial charge >= 0.3 is 59.1 Å². The van der Waals surface area contributed by atoms with Crippen molar-refractivity contribution in [3.8, 4) is 0 Å². The molecule has 0 bridgehead atoms. The Morgan fingerprint density at radius 3 is 1.19 bits per heavy atom. The molecule has 0 unspecified atom stereocenters. The number of carbonyl (C=O) groups excluding carboxylic acids is 2. The zero-order valence-corrected chi connectivity index (χ0v) is 28.9. The maximum Gasteiger partial charge on any atom is 1.00 e. The van der Waals surface area contributed by atoms with Crippen LogP contribution < -0.4 is 69.7 Å². The summed E-state index contributed by atoms with van der Waals surface area (Å²) < 4.78 is 69.2. The molecule has 0 saturated carbocycles. The number of anilines is 2. The minimum atomic E-state index is -4.66. The van der Waals surface area contributed by atoms with Crippen LogP contribution in [0.25, 0.3) is 21.5 Å². The van der Waals surface area contributed by atoms with Crippen molar-refractivity contribution in [3.05, 3.63) is 72.8 Å². The second-order valence-electron chi connectivity index (χ2n) is 9.23. The molecule has 2 N–H and O–H groups in total. The SMILES string of the molecule is O=C(CCCCCCC(=O)Nc1ccc(S(=O)(=O)[O-])c2ccccc12)Nc1ccc(S(=O)(=O)[O-])c2ccccc12.[Na+].[Na+]. The maximum absolute atomic E-state index is 12.5. The third-order valence-electron chi connectivity index (χ3n) is 6.41. The molecule has 4 aromatic rings. The van der Waals surface area contributed by atoms with E-state index in [2.05, 4.69) is 10.6 Å². The Morgan fingerprint density at radius 1 is 0.524 bits per heavy atom. The number of benzene rings is 4. The summed E-state index contributed by atoms with van der Waals surface area (Å²) >= 11 is 0. The van der Waals surface area contributed by atoms with E-state index in [4.69, 9.17) is 0 Å². The molecule has 0 aliphatic heterocycles. The first-order valence-corrected chi connectivity index (χ1v) is 15.3. The fourth-order valence-electron chi connectivity index (χ4n) is 4.55. The predicted molar refractivity (Wildman–Crippen MR) is 149 cm³/mol. The van der Waals surface area contributed by atoms with Crippen molar-refractivity contribution in [2.24, 2.45) is 0 Å². The Hall–Kier alpha value is -1.84. The van der Waals surface area contributed by atoms with E-state index >= 15 is 0 Å². The van der Waals surface area contributed by atoms with E-state index < -0.39 is 20.2 Å². The number of nitrogens with one attached hydrogen (secondary N) is 2. The van der Waals surface area contributed by atoms with Gasteiger partial charge in [-0.2, -0.15) is 0 Å². The first-order valence-electron chi connectivity index (χ1n) is 12.5. The second kappa shape index (κ2) is 15.8. The first-order chi connectivity index (χ1) is 18.9. The van der Waals surface area contributed by atoms with Gasteiger partial charge in [0.05, 0.1) is 9.79 Å². The van der Waals surface area contributed by atoms with Gasteiger partial charge in [0.1, 0.15) is 20.2 Å². The van der Waals surface area contributed by atoms with Crippen LogP contribution in [0, 0.1) is 0 Å². The smallest absolute Gasteiger partial charge is 0.744 e. The molecule has 4 aromatic carbocycles. The number of fused-ring (bicyclic) bond motifs is 2. The Bertz CT molecular complexity index is 1680. The third-order valence-corrected chi connectivity index (χ3v) is 8.20. The van der Waals surface area contributed by atoms with Crippen molar-refractivity contribution >= 4 is 65.0 Å². The molecule has 0 saturated heterocycles. The fourth-order valence-corrected chi connectivity index (χ4v) is 5.91. The van der Waals surface area contributed by atoms with Crippen molar-refractivity contribution in [3.63, 3.8) is 0 Å². The number of carbonyl (C=O) groups is 2. The Morgan fingerprint density at radius 2 is 0.857 bits per heavy atom. The van der Waals surface area contributed by atoms with Gasteiger partial charge in [0.15, 0.2) is 0 Å². The zero-order chi connectivity index (χ0) is 28.9. The van der Waals surface area contributed by atoms with E-state index in [-0.39, 0.29) is 104 Å². The monoisotopic (exact) mass is 628 g/mol. The Labute approximate surface area is 288 Å². The summed E-state index contributed by atoms with van der Waals surface area (Å²) in [5.41, 5.74) is 0.830. The Kier molecular flexibility index (Phi) is 13.6. The molecule has 0 radical (unpaired) electrons. The molecule has 0 spiro atoms. The summed E-state index contributed by atoms with van der Waals surface area (Å²) in [6, 6.07) is 18.1. The van der Waals surface area contributed by atoms with E-state index in [0.29, 0.717) is 47.8 Å². The largest absolute Gasteiger partial charge is 1.00 e. The van der Waals surface area contributed by atoms with Crippen LogP contribution in [0.4, 0.5) is 11.4 Å². The summed E-state index contributed by atoms with van der Waals surface area (Å²) in [7, 11) is -9.33. The molecule has 0 aromatic heterocycles. The van der Waals surface area contributed by atoms with Crippen molar-refractivity contribution in [2.75, 3.05) is 10.6 Å². The van der Waals surface area contributed by atoms with Crippen LogP contribution in [0.3, 0.4) is 0 Å². The van der Waals surface area contributed by atoms with Gasteiger partial charge in [-0.05, 0) is 37.1 Å². The molecular weight excluding hydrogens is 602 g/mol. The van der Waals surface area contributed by atoms with Crippen LogP contribution in [0.1, 0.15) is 38.5 Å². The summed E-state index contributed by atoms with van der Waals surface area (Å²) in [5, 5.41) is 6.94. The molecule has 4 rings (SSSR count). The van der Waals surface area contributed by atoms with Crippen LogP contribution in [-0.4, -0.2) is 37.8 Å². The minimum absolute atomic E-state index is 0. The minimum Gasteiger partial charge on any atom is -0.744 e. The number of hydrogen-bond acceptors (Lipinski definition) is 8. The van der Waals surface area contributed by atoms with Crippen LogP contribution in [0.5, 0.6) is 0 Å². The topological polar surface area (TPSA) is 173 Å². The van der Waals surface area contributed by atoms with Crippen LogP contribution >= 0.6 is 0 Å². The molecule has 2 amide bonds. The van der Waals surface area contributed by atoms with Crippen molar-refractivity contribution in [2.45, 2.75) is 48.3 Å². The molecule has 0 aliphatic rings. The zero-order valence-electron chi connectivity index (χ0n) is 23.3. The fraction of sp³-hybridized carbons (Fsp3) is 0.214. The van der Waals surface area contributed by atoms with Gasteiger partial charge in [-0.25, -0.2) is 16.8 Å². The number of rotatable bonds is 11. The van der Waals surface area contributed by atoms with E-state index in [1.54, 1.807) is 36.4 Å². The third kappa shape index (κ3) is 9.33. The van der Waals surface area contributed by atoms with Crippen molar-refractivity contribution < 1.29 is 94.6 Å². The van der Waals surface area contributed by atoms with E-state index in [0.717, 1.165) is 0 Å². The van der Waals surface area contributed by atoms with Crippen molar-refractivity contribution in [1.29, 1.82) is 0 Å². The first kappa shape index (κ1) is 36.4. The average Bonchev–Trinajstić information content (AvgIpc) is 2.89. The van der Waals surface area contributed by atoms with E-state index in [1.807, 2.05) is 0 Å². The standard InChI is InChI=1S/C28H28N2O8S2.2Na/c31-27(29-23-15-17-25(39(33,34)35)21-11-7-5-9-19(21)23)13-3-1-2-4-14-28(32)30-24-16-18-26(40(36,37)38)22-12-8-6-10-20(22)24;;/h5-12,15-18H,1-4,13-14H2,(H,29,31)(H,30,32)(H,33,34,35)(H,36,37,38);;/q;2*+1/p-2. The molecule has 0 fully saturated rings. The number of unbranched alkanes of at least 4 members (excludes halogenated alkanes) is 3. The van der Waals surface area contributed by atoms with Crippen molar-refractivity contribution in [1.82, 2.24) is 0 Å². The molecule has 0 atom stereocenters. The van der Waals surface area contributed by atoms with Gasteiger partial charge in [0.2, 0.25) is 11.8 Å². The van der Waals surface area contributed by atoms with Crippen LogP contribution in [-0.2, 0) is 29.8 Å². The van der Waals surface area contributed by atoms with Gasteiger partial charge in [-0.1, -0.05) is 61.4 Å². The maximum atomic E-state index is 12.5. The molecule has 0 aliphatic carbocycles. The molecular formula is C28H26N2Na2O8S2. The quantitative estimate of drug-likeness (QED) is 0.118. The normalized spacial score (nSPS) is 11.4. The van der Waals surface area contributed by atoms with Gasteiger partial charge in [0, 0.05) is 45.8 Å².